The molecular formula is C19H20F3N3O2. The second kappa shape index (κ2) is 8.39. The Balaban J connectivity index is 1.59. The van der Waals surface area contributed by atoms with Gasteiger partial charge in [-0.3, -0.25) is 14.7 Å². The molecule has 5 nitrogen and oxygen atoms in total. The fraction of sp³-hybridized carbons (Fsp3) is 0.368. The number of hydrogen-bond donors (Lipinski definition) is 0. The summed E-state index contributed by atoms with van der Waals surface area (Å²) in [7, 11) is 0. The molecule has 0 spiro atoms. The molecule has 1 aliphatic heterocycles. The molecule has 1 aliphatic rings. The molecule has 0 unspecified atom stereocenters. The van der Waals surface area contributed by atoms with E-state index in [0.717, 1.165) is 16.0 Å². The van der Waals surface area contributed by atoms with Gasteiger partial charge >= 0.3 is 6.18 Å². The van der Waals surface area contributed by atoms with Crippen LogP contribution >= 0.6 is 0 Å². The standard InChI is InChI=1S/C19H20F3N3O2/c20-19(21,22)14-25-9-8-24(12-18(25)26)11-16-5-1-2-6-17(16)27-13-15-4-3-7-23-10-15/h1-7,10H,8-9,11-14H2. The van der Waals surface area contributed by atoms with Gasteiger partial charge in [0.15, 0.2) is 0 Å². The van der Waals surface area contributed by atoms with Gasteiger partial charge in [-0.25, -0.2) is 0 Å². The summed E-state index contributed by atoms with van der Waals surface area (Å²) in [5.74, 6) is 0.179. The second-order valence-electron chi connectivity index (χ2n) is 6.40. The highest BCUT2D eigenvalue weighted by atomic mass is 19.4. The lowest BCUT2D eigenvalue weighted by molar-refractivity contribution is -0.165. The molecule has 1 saturated heterocycles. The monoisotopic (exact) mass is 379 g/mol. The van der Waals surface area contributed by atoms with E-state index in [1.54, 1.807) is 12.4 Å². The van der Waals surface area contributed by atoms with E-state index >= 15 is 0 Å². The Morgan fingerprint density at radius 1 is 1.11 bits per heavy atom. The van der Waals surface area contributed by atoms with Crippen molar-refractivity contribution in [1.29, 1.82) is 0 Å². The molecular weight excluding hydrogens is 359 g/mol. The summed E-state index contributed by atoms with van der Waals surface area (Å²) in [6.07, 6.45) is -0.960. The molecule has 2 heterocycles. The predicted molar refractivity (Wildman–Crippen MR) is 92.9 cm³/mol. The molecule has 0 atom stereocenters. The van der Waals surface area contributed by atoms with E-state index in [-0.39, 0.29) is 13.1 Å². The molecule has 1 amide bonds. The lowest BCUT2D eigenvalue weighted by Crippen LogP contribution is -2.52. The summed E-state index contributed by atoms with van der Waals surface area (Å²) in [4.78, 5) is 18.8. The Labute approximate surface area is 155 Å². The average Bonchev–Trinajstić information content (AvgIpc) is 2.63. The van der Waals surface area contributed by atoms with Gasteiger partial charge in [0.1, 0.15) is 18.9 Å². The minimum absolute atomic E-state index is 0.0347. The van der Waals surface area contributed by atoms with Gasteiger partial charge in [-0.05, 0) is 12.1 Å². The van der Waals surface area contributed by atoms with Crippen molar-refractivity contribution in [3.8, 4) is 5.75 Å². The minimum Gasteiger partial charge on any atom is -0.489 e. The molecule has 0 aliphatic carbocycles. The Kier molecular flexibility index (Phi) is 5.95. The zero-order valence-corrected chi connectivity index (χ0v) is 14.7. The number of piperazine rings is 1. The molecule has 1 fully saturated rings. The number of carbonyl (C=O) groups is 1. The van der Waals surface area contributed by atoms with Gasteiger partial charge in [-0.1, -0.05) is 24.3 Å². The lowest BCUT2D eigenvalue weighted by Gasteiger charge is -2.34. The number of aromatic nitrogens is 1. The summed E-state index contributed by atoms with van der Waals surface area (Å²) in [6.45, 7) is 0.0330. The Morgan fingerprint density at radius 2 is 1.93 bits per heavy atom. The highest BCUT2D eigenvalue weighted by Gasteiger charge is 2.35. The van der Waals surface area contributed by atoms with Crippen LogP contribution in [0.3, 0.4) is 0 Å². The van der Waals surface area contributed by atoms with Crippen LogP contribution in [0.4, 0.5) is 13.2 Å². The van der Waals surface area contributed by atoms with E-state index in [0.29, 0.717) is 25.4 Å². The highest BCUT2D eigenvalue weighted by molar-refractivity contribution is 5.79. The first-order valence-electron chi connectivity index (χ1n) is 8.57. The smallest absolute Gasteiger partial charge is 0.406 e. The first kappa shape index (κ1) is 19.2. The summed E-state index contributed by atoms with van der Waals surface area (Å²) in [6, 6.07) is 11.2. The van der Waals surface area contributed by atoms with Crippen molar-refractivity contribution in [2.75, 3.05) is 26.2 Å². The van der Waals surface area contributed by atoms with Crippen LogP contribution in [0.2, 0.25) is 0 Å². The number of hydrogen-bond acceptors (Lipinski definition) is 4. The van der Waals surface area contributed by atoms with E-state index in [9.17, 15) is 18.0 Å². The third-order valence-corrected chi connectivity index (χ3v) is 4.25. The number of carbonyl (C=O) groups excluding carboxylic acids is 1. The molecule has 1 aromatic heterocycles. The molecule has 8 heteroatoms. The molecule has 144 valence electrons. The molecule has 3 rings (SSSR count). The normalized spacial score (nSPS) is 15.8. The molecule has 27 heavy (non-hydrogen) atoms. The second-order valence-corrected chi connectivity index (χ2v) is 6.40. The number of pyridine rings is 1. The largest absolute Gasteiger partial charge is 0.489 e. The van der Waals surface area contributed by atoms with Gasteiger partial charge in [0.2, 0.25) is 5.91 Å². The number of amides is 1. The Morgan fingerprint density at radius 3 is 2.63 bits per heavy atom. The predicted octanol–water partition coefficient (Wildman–Crippen LogP) is 2.87. The van der Waals surface area contributed by atoms with Crippen LogP contribution in [0.25, 0.3) is 0 Å². The first-order chi connectivity index (χ1) is 12.9. The van der Waals surface area contributed by atoms with Crippen molar-refractivity contribution < 1.29 is 22.7 Å². The average molecular weight is 379 g/mol. The number of halogens is 3. The van der Waals surface area contributed by atoms with E-state index in [4.69, 9.17) is 4.74 Å². The van der Waals surface area contributed by atoms with Gasteiger partial charge < -0.3 is 9.64 Å². The third kappa shape index (κ3) is 5.68. The molecule has 0 bridgehead atoms. The number of alkyl halides is 3. The van der Waals surface area contributed by atoms with Gasteiger partial charge in [0.05, 0.1) is 6.54 Å². The summed E-state index contributed by atoms with van der Waals surface area (Å²) in [5.41, 5.74) is 1.82. The summed E-state index contributed by atoms with van der Waals surface area (Å²) >= 11 is 0. The van der Waals surface area contributed by atoms with Crippen LogP contribution in [-0.2, 0) is 17.9 Å². The van der Waals surface area contributed by atoms with Gasteiger partial charge in [-0.15, -0.1) is 0 Å². The van der Waals surface area contributed by atoms with Crippen molar-refractivity contribution >= 4 is 5.91 Å². The maximum atomic E-state index is 12.5. The maximum absolute atomic E-state index is 12.5. The van der Waals surface area contributed by atoms with Crippen molar-refractivity contribution in [2.24, 2.45) is 0 Å². The fourth-order valence-corrected chi connectivity index (χ4v) is 2.94. The summed E-state index contributed by atoms with van der Waals surface area (Å²) in [5, 5.41) is 0. The zero-order chi connectivity index (χ0) is 19.3. The molecule has 1 aromatic carbocycles. The molecule has 0 radical (unpaired) electrons. The van der Waals surface area contributed by atoms with Gasteiger partial charge in [-0.2, -0.15) is 13.2 Å². The SMILES string of the molecule is O=C1CN(Cc2ccccc2OCc2cccnc2)CCN1CC(F)(F)F. The zero-order valence-electron chi connectivity index (χ0n) is 14.7. The number of rotatable bonds is 6. The van der Waals surface area contributed by atoms with E-state index in [1.807, 2.05) is 41.3 Å². The number of ether oxygens (including phenoxy) is 1. The molecule has 0 saturated carbocycles. The Bertz CT molecular complexity index is 768. The van der Waals surface area contributed by atoms with E-state index in [2.05, 4.69) is 4.98 Å². The lowest BCUT2D eigenvalue weighted by atomic mass is 10.1. The van der Waals surface area contributed by atoms with Crippen LogP contribution in [0, 0.1) is 0 Å². The molecule has 2 aromatic rings. The molecule has 0 N–H and O–H groups in total. The topological polar surface area (TPSA) is 45.7 Å². The van der Waals surface area contributed by atoms with Gasteiger partial charge in [0, 0.05) is 43.2 Å². The van der Waals surface area contributed by atoms with E-state index in [1.165, 1.54) is 0 Å². The summed E-state index contributed by atoms with van der Waals surface area (Å²) < 4.78 is 43.4. The van der Waals surface area contributed by atoms with Crippen molar-refractivity contribution in [1.82, 2.24) is 14.8 Å². The minimum atomic E-state index is -4.37. The van der Waals surface area contributed by atoms with E-state index < -0.39 is 18.6 Å². The fourth-order valence-electron chi connectivity index (χ4n) is 2.94. The number of benzene rings is 1. The number of para-hydroxylation sites is 1. The van der Waals surface area contributed by atoms with Crippen LogP contribution in [0.15, 0.2) is 48.8 Å². The van der Waals surface area contributed by atoms with Crippen molar-refractivity contribution in [2.45, 2.75) is 19.3 Å². The first-order valence-corrected chi connectivity index (χ1v) is 8.57. The highest BCUT2D eigenvalue weighted by Crippen LogP contribution is 2.23. The maximum Gasteiger partial charge on any atom is 0.406 e. The van der Waals surface area contributed by atoms with Crippen molar-refractivity contribution in [3.63, 3.8) is 0 Å². The number of nitrogens with zero attached hydrogens (tertiary/aromatic N) is 3. The van der Waals surface area contributed by atoms with Crippen LogP contribution in [-0.4, -0.2) is 53.0 Å². The van der Waals surface area contributed by atoms with Crippen LogP contribution < -0.4 is 4.74 Å². The quantitative estimate of drug-likeness (QED) is 0.774. The van der Waals surface area contributed by atoms with Crippen LogP contribution in [0.1, 0.15) is 11.1 Å². The van der Waals surface area contributed by atoms with Gasteiger partial charge in [0.25, 0.3) is 0 Å². The van der Waals surface area contributed by atoms with Crippen molar-refractivity contribution in [3.05, 3.63) is 59.9 Å². The third-order valence-electron chi connectivity index (χ3n) is 4.25. The Hall–Kier alpha value is -2.61. The van der Waals surface area contributed by atoms with Crippen LogP contribution in [0.5, 0.6) is 5.75 Å².